The zero-order chi connectivity index (χ0) is 52.2. The number of carboxylic acids is 1. The van der Waals surface area contributed by atoms with Gasteiger partial charge in [0.25, 0.3) is 0 Å². The van der Waals surface area contributed by atoms with E-state index in [1.807, 2.05) is 37.3 Å². The Kier molecular flexibility index (Phi) is 27.3. The van der Waals surface area contributed by atoms with E-state index in [1.165, 1.54) is 6.33 Å². The third kappa shape index (κ3) is 23.1. The highest BCUT2D eigenvalue weighted by molar-refractivity contribution is 5.97. The molecule has 0 spiro atoms. The molecule has 0 aliphatic heterocycles. The predicted molar refractivity (Wildman–Crippen MR) is 265 cm³/mol. The topological polar surface area (TPSA) is 402 Å². The molecule has 22 nitrogen and oxygen atoms in total. The Morgan fingerprint density at radius 1 is 0.671 bits per heavy atom. The minimum Gasteiger partial charge on any atom is -0.481 e. The molecule has 0 saturated heterocycles. The summed E-state index contributed by atoms with van der Waals surface area (Å²) >= 11 is 0. The van der Waals surface area contributed by atoms with Crippen LogP contribution in [0.3, 0.4) is 0 Å². The third-order valence-electron chi connectivity index (χ3n) is 12.3. The predicted octanol–water partition coefficient (Wildman–Crippen LogP) is 0.644. The molecule has 1 aromatic carbocycles. The summed E-state index contributed by atoms with van der Waals surface area (Å²) < 4.78 is 0. The number of carbonyl (C=O) groups excluding carboxylic acids is 7. The van der Waals surface area contributed by atoms with Crippen LogP contribution >= 0.6 is 0 Å². The van der Waals surface area contributed by atoms with Crippen LogP contribution < -0.4 is 50.4 Å². The van der Waals surface area contributed by atoms with Crippen LogP contribution in [-0.4, -0.2) is 112 Å². The summed E-state index contributed by atoms with van der Waals surface area (Å²) in [4.78, 5) is 124. The number of rotatable bonds is 37. The number of nitrogens with zero attached hydrogens (tertiary/aromatic N) is 3. The van der Waals surface area contributed by atoms with Gasteiger partial charge in [-0.25, -0.2) is 4.98 Å². The fourth-order valence-corrected chi connectivity index (χ4v) is 7.92. The minimum atomic E-state index is -1.26. The molecule has 70 heavy (non-hydrogen) atoms. The molecule has 22 heteroatoms. The molecule has 2 rings (SSSR count). The standard InChI is InChI=1S/C48H77N13O9/c1-4-29(2)35(43(50)67)26-41(64)37(16-11-21-57-48(53)54)60-46(70)33(17-18-42(65)66)25-39(62)36(15-8-9-19-49)59-45(69)32(14-10-20-56-47(51)52)24-40(63)38(23-31-12-6-5-7-13-31)61-44(68)30(3)22-34-27-55-28-58-34/h5-7,12-13,27-30,32-33,35-38H,4,8-11,14-26,49H2,1-3H3,(H2,50,67)(H,55,58)(H,59,69)(H,60,70)(H,61,68)(H,65,66)(H4,51,52,56)(H4,53,54,57)/t29-,30-,32+,33+,35-,36-,37-,38-/m0/s1. The number of Topliss-reactive ketones (excluding diaryl/α,β-unsaturated/α-hetero) is 3. The molecule has 0 fully saturated rings. The van der Waals surface area contributed by atoms with Gasteiger partial charge in [-0.1, -0.05) is 57.5 Å². The maximum absolute atomic E-state index is 14.4. The first-order valence-electron chi connectivity index (χ1n) is 24.1. The summed E-state index contributed by atoms with van der Waals surface area (Å²) in [6.07, 6.45) is 3.86. The Morgan fingerprint density at radius 2 is 1.20 bits per heavy atom. The number of nitrogens with one attached hydrogen (secondary N) is 4. The van der Waals surface area contributed by atoms with Gasteiger partial charge in [0.2, 0.25) is 23.6 Å². The maximum Gasteiger partial charge on any atom is 0.303 e. The molecule has 0 radical (unpaired) electrons. The molecule has 8 atom stereocenters. The van der Waals surface area contributed by atoms with Crippen molar-refractivity contribution < 1.29 is 43.5 Å². The maximum atomic E-state index is 14.4. The number of aromatic amines is 1. The number of aliphatic imine (C=N–C) groups is 2. The molecular weight excluding hydrogens is 903 g/mol. The molecule has 0 bridgehead atoms. The number of aromatic nitrogens is 2. The van der Waals surface area contributed by atoms with E-state index in [0.717, 1.165) is 11.3 Å². The quantitative estimate of drug-likeness (QED) is 0.0251. The lowest BCUT2D eigenvalue weighted by atomic mass is 9.84. The summed E-state index contributed by atoms with van der Waals surface area (Å²) in [5, 5.41) is 18.1. The minimum absolute atomic E-state index is 0.0497. The number of benzene rings is 1. The van der Waals surface area contributed by atoms with Crippen LogP contribution in [-0.2, 0) is 51.2 Å². The van der Waals surface area contributed by atoms with Crippen molar-refractivity contribution in [2.45, 2.75) is 135 Å². The van der Waals surface area contributed by atoms with Crippen molar-refractivity contribution in [1.29, 1.82) is 0 Å². The van der Waals surface area contributed by atoms with Gasteiger partial charge < -0.3 is 60.4 Å². The average molecular weight is 980 g/mol. The number of hydrogen-bond acceptors (Lipinski definition) is 12. The molecule has 1 heterocycles. The van der Waals surface area contributed by atoms with Crippen molar-refractivity contribution in [3.63, 3.8) is 0 Å². The summed E-state index contributed by atoms with van der Waals surface area (Å²) in [5.41, 5.74) is 35.0. The number of ketones is 3. The molecule has 2 aromatic rings. The number of carboxylic acid groups (broad SMARTS) is 1. The van der Waals surface area contributed by atoms with Crippen LogP contribution in [0.25, 0.3) is 0 Å². The Bertz CT molecular complexity index is 2040. The number of H-pyrrole nitrogens is 1. The first kappa shape index (κ1) is 59.4. The molecule has 0 aliphatic carbocycles. The van der Waals surface area contributed by atoms with E-state index in [-0.39, 0.29) is 101 Å². The highest BCUT2D eigenvalue weighted by Gasteiger charge is 2.35. The normalized spacial score (nSPS) is 14.5. The molecule has 388 valence electrons. The lowest BCUT2D eigenvalue weighted by molar-refractivity contribution is -0.139. The fourth-order valence-electron chi connectivity index (χ4n) is 7.92. The van der Waals surface area contributed by atoms with Gasteiger partial charge >= 0.3 is 5.97 Å². The molecule has 17 N–H and O–H groups in total. The van der Waals surface area contributed by atoms with E-state index < -0.39 is 95.7 Å². The number of hydrogen-bond donors (Lipinski definition) is 11. The van der Waals surface area contributed by atoms with Crippen LogP contribution in [0.1, 0.15) is 115 Å². The summed E-state index contributed by atoms with van der Waals surface area (Å²) in [7, 11) is 0. The number of guanidine groups is 2. The fraction of sp³-hybridized carbons (Fsp3) is 0.604. The van der Waals surface area contributed by atoms with Crippen LogP contribution in [0.5, 0.6) is 0 Å². The van der Waals surface area contributed by atoms with E-state index in [0.29, 0.717) is 25.7 Å². The second-order valence-corrected chi connectivity index (χ2v) is 18.0. The van der Waals surface area contributed by atoms with E-state index in [4.69, 9.17) is 34.4 Å². The second-order valence-electron chi connectivity index (χ2n) is 18.0. The van der Waals surface area contributed by atoms with E-state index >= 15 is 0 Å². The first-order valence-corrected chi connectivity index (χ1v) is 24.1. The van der Waals surface area contributed by atoms with Crippen LogP contribution in [0.2, 0.25) is 0 Å². The van der Waals surface area contributed by atoms with Crippen molar-refractivity contribution in [2.24, 2.45) is 74.0 Å². The summed E-state index contributed by atoms with van der Waals surface area (Å²) in [6.45, 7) is 5.89. The van der Waals surface area contributed by atoms with Crippen LogP contribution in [0.15, 0.2) is 52.8 Å². The van der Waals surface area contributed by atoms with Crippen molar-refractivity contribution in [1.82, 2.24) is 25.9 Å². The third-order valence-corrected chi connectivity index (χ3v) is 12.3. The van der Waals surface area contributed by atoms with Gasteiger partial charge in [0.1, 0.15) is 0 Å². The molecule has 4 amide bonds. The number of primary amides is 1. The first-order chi connectivity index (χ1) is 33.2. The Hall–Kier alpha value is -6.71. The molecule has 0 unspecified atom stereocenters. The lowest BCUT2D eigenvalue weighted by Crippen LogP contribution is -2.49. The van der Waals surface area contributed by atoms with Gasteiger partial charge in [-0.15, -0.1) is 0 Å². The van der Waals surface area contributed by atoms with Gasteiger partial charge in [-0.2, -0.15) is 0 Å². The average Bonchev–Trinajstić information content (AvgIpc) is 3.83. The summed E-state index contributed by atoms with van der Waals surface area (Å²) in [5.74, 6) is -9.48. The smallest absolute Gasteiger partial charge is 0.303 e. The zero-order valence-electron chi connectivity index (χ0n) is 40.9. The van der Waals surface area contributed by atoms with Gasteiger partial charge in [-0.05, 0) is 75.8 Å². The highest BCUT2D eigenvalue weighted by atomic mass is 16.4. The van der Waals surface area contributed by atoms with Crippen LogP contribution in [0, 0.1) is 29.6 Å². The van der Waals surface area contributed by atoms with E-state index in [1.54, 1.807) is 20.0 Å². The molecule has 0 aliphatic rings. The number of amides is 4. The van der Waals surface area contributed by atoms with Gasteiger partial charge in [-0.3, -0.25) is 48.3 Å². The molecule has 0 saturated carbocycles. The zero-order valence-corrected chi connectivity index (χ0v) is 40.9. The van der Waals surface area contributed by atoms with Crippen LogP contribution in [0.4, 0.5) is 0 Å². The van der Waals surface area contributed by atoms with Crippen molar-refractivity contribution >= 4 is 58.9 Å². The second kappa shape index (κ2) is 32.2. The Labute approximate surface area is 410 Å². The SMILES string of the molecule is CC[C@H](C)[C@H](CC(=O)[C@H](CCCN=C(N)N)NC(=O)[C@H](CCC(=O)O)CC(=O)[C@H](CCCCN)NC(=O)[C@H](CCCN=C(N)N)CC(=O)[C@H](Cc1ccccc1)NC(=O)[C@@H](C)Cc1cnc[nH]1)C(N)=O. The van der Waals surface area contributed by atoms with Gasteiger partial charge in [0.15, 0.2) is 29.3 Å². The van der Waals surface area contributed by atoms with Gasteiger partial charge in [0, 0.05) is 80.8 Å². The van der Waals surface area contributed by atoms with Crippen molar-refractivity contribution in [3.05, 3.63) is 54.1 Å². The van der Waals surface area contributed by atoms with E-state index in [2.05, 4.69) is 35.9 Å². The number of imidazole rings is 1. The molecule has 1 aromatic heterocycles. The lowest BCUT2D eigenvalue weighted by Gasteiger charge is -2.26. The number of nitrogens with two attached hydrogens (primary N) is 6. The summed E-state index contributed by atoms with van der Waals surface area (Å²) in [6, 6.07) is 5.70. The monoisotopic (exact) mass is 980 g/mol. The van der Waals surface area contributed by atoms with Crippen molar-refractivity contribution in [2.75, 3.05) is 19.6 Å². The number of carbonyl (C=O) groups is 8. The molecular formula is C48H77N13O9. The Morgan fingerprint density at radius 3 is 1.71 bits per heavy atom. The van der Waals surface area contributed by atoms with Crippen molar-refractivity contribution in [3.8, 4) is 0 Å². The largest absolute Gasteiger partial charge is 0.481 e. The number of unbranched alkanes of at least 4 members (excludes halogenated alkanes) is 1. The number of aliphatic carboxylic acids is 1. The Balaban J connectivity index is 2.47. The van der Waals surface area contributed by atoms with E-state index in [9.17, 15) is 43.5 Å². The van der Waals surface area contributed by atoms with Gasteiger partial charge in [0.05, 0.1) is 24.5 Å². The highest BCUT2D eigenvalue weighted by Crippen LogP contribution is 2.23.